The monoisotopic (exact) mass is 520 g/mol. The van der Waals surface area contributed by atoms with Crippen molar-refractivity contribution in [2.45, 2.75) is 52.1 Å². The second kappa shape index (κ2) is 10.5. The van der Waals surface area contributed by atoms with Crippen molar-refractivity contribution in [3.05, 3.63) is 34.0 Å². The Balaban J connectivity index is 0.00000392. The Morgan fingerprint density at radius 1 is 1.29 bits per heavy atom. The van der Waals surface area contributed by atoms with Crippen LogP contribution in [0.25, 0.3) is 0 Å². The third kappa shape index (κ3) is 7.32. The number of aromatic nitrogens is 3. The lowest BCUT2D eigenvalue weighted by molar-refractivity contribution is 0.0672. The van der Waals surface area contributed by atoms with E-state index in [1.165, 1.54) is 0 Å². The molecule has 0 fully saturated rings. The molecule has 0 spiro atoms. The maximum absolute atomic E-state index is 10.7. The van der Waals surface area contributed by atoms with Crippen LogP contribution < -0.4 is 10.6 Å². The van der Waals surface area contributed by atoms with Gasteiger partial charge in [-0.3, -0.25) is 4.68 Å². The number of aryl methyl sites for hydroxylation is 1. The molecule has 0 aliphatic heterocycles. The number of guanidine groups is 1. The molecule has 9 heteroatoms. The topological polar surface area (TPSA) is 87.4 Å². The number of thiazole rings is 1. The Kier molecular flexibility index (Phi) is 9.35. The molecule has 2 aromatic heterocycles. The van der Waals surface area contributed by atoms with Crippen LogP contribution >= 0.6 is 35.3 Å². The predicted octanol–water partition coefficient (Wildman–Crippen LogP) is 2.80. The molecule has 0 saturated carbocycles. The SMILES string of the molecule is CCNC(=NCC(C)(O)c1cnn(C)c1)NCCc1nc(C(C)(C)C)cs1.I. The van der Waals surface area contributed by atoms with Crippen LogP contribution in [0, 0.1) is 0 Å². The van der Waals surface area contributed by atoms with Gasteiger partial charge >= 0.3 is 0 Å². The minimum Gasteiger partial charge on any atom is -0.383 e. The molecular weight excluding hydrogens is 487 g/mol. The van der Waals surface area contributed by atoms with Gasteiger partial charge in [0, 0.05) is 49.1 Å². The van der Waals surface area contributed by atoms with E-state index >= 15 is 0 Å². The van der Waals surface area contributed by atoms with E-state index in [2.05, 4.69) is 46.9 Å². The van der Waals surface area contributed by atoms with Crippen molar-refractivity contribution >= 4 is 41.3 Å². The van der Waals surface area contributed by atoms with Gasteiger partial charge in [-0.1, -0.05) is 20.8 Å². The lowest BCUT2D eigenvalue weighted by Crippen LogP contribution is -2.39. The average Bonchev–Trinajstić information content (AvgIpc) is 3.22. The minimum atomic E-state index is -1.06. The van der Waals surface area contributed by atoms with Crippen molar-refractivity contribution in [2.75, 3.05) is 19.6 Å². The van der Waals surface area contributed by atoms with Gasteiger partial charge < -0.3 is 15.7 Å². The normalized spacial score (nSPS) is 14.3. The van der Waals surface area contributed by atoms with Gasteiger partial charge in [0.2, 0.25) is 0 Å². The molecule has 0 radical (unpaired) electrons. The molecule has 0 aliphatic carbocycles. The second-order valence-corrected chi connectivity index (χ2v) is 8.87. The first kappa shape index (κ1) is 24.8. The van der Waals surface area contributed by atoms with Crippen LogP contribution in [0.4, 0.5) is 0 Å². The molecule has 3 N–H and O–H groups in total. The molecule has 158 valence electrons. The van der Waals surface area contributed by atoms with E-state index in [0.29, 0.717) is 5.96 Å². The van der Waals surface area contributed by atoms with E-state index in [1.807, 2.05) is 20.2 Å². The molecule has 0 aliphatic rings. The van der Waals surface area contributed by atoms with Gasteiger partial charge in [-0.25, -0.2) is 9.98 Å². The van der Waals surface area contributed by atoms with Gasteiger partial charge in [-0.05, 0) is 13.8 Å². The Bertz CT molecular complexity index is 763. The summed E-state index contributed by atoms with van der Waals surface area (Å²) in [7, 11) is 1.83. The van der Waals surface area contributed by atoms with Crippen LogP contribution in [0.15, 0.2) is 22.8 Å². The van der Waals surface area contributed by atoms with Crippen LogP contribution in [0.5, 0.6) is 0 Å². The quantitative estimate of drug-likeness (QED) is 0.297. The summed E-state index contributed by atoms with van der Waals surface area (Å²) in [5.41, 5.74) is 0.905. The average molecular weight is 520 g/mol. The smallest absolute Gasteiger partial charge is 0.191 e. The summed E-state index contributed by atoms with van der Waals surface area (Å²) in [5, 5.41) is 24.6. The van der Waals surface area contributed by atoms with E-state index in [9.17, 15) is 5.11 Å². The maximum Gasteiger partial charge on any atom is 0.191 e. The standard InChI is InChI=1S/C19H32N6OS.HI/c1-7-20-17(22-13-19(5,26)14-10-23-25(6)11-14)21-9-8-16-24-15(12-27-16)18(2,3)4;/h10-12,26H,7-9,13H2,1-6H3,(H2,20,21,22);1H. The number of aliphatic hydroxyl groups is 1. The van der Waals surface area contributed by atoms with Crippen molar-refractivity contribution < 1.29 is 5.11 Å². The Labute approximate surface area is 189 Å². The third-order valence-corrected chi connectivity index (χ3v) is 5.08. The molecule has 2 rings (SSSR count). The first-order valence-corrected chi connectivity index (χ1v) is 10.2. The van der Waals surface area contributed by atoms with E-state index in [4.69, 9.17) is 4.98 Å². The summed E-state index contributed by atoms with van der Waals surface area (Å²) in [6.07, 6.45) is 4.32. The molecule has 0 aromatic carbocycles. The fourth-order valence-corrected chi connectivity index (χ4v) is 3.45. The highest BCUT2D eigenvalue weighted by Gasteiger charge is 2.24. The van der Waals surface area contributed by atoms with E-state index in [0.717, 1.165) is 35.8 Å². The van der Waals surface area contributed by atoms with E-state index < -0.39 is 5.60 Å². The van der Waals surface area contributed by atoms with Crippen LogP contribution in [-0.2, 0) is 24.5 Å². The van der Waals surface area contributed by atoms with Gasteiger partial charge in [-0.15, -0.1) is 35.3 Å². The number of nitrogens with one attached hydrogen (secondary N) is 2. The first-order valence-electron chi connectivity index (χ1n) is 9.30. The second-order valence-electron chi connectivity index (χ2n) is 7.92. The molecule has 0 saturated heterocycles. The summed E-state index contributed by atoms with van der Waals surface area (Å²) in [5.74, 6) is 0.689. The van der Waals surface area contributed by atoms with Crippen molar-refractivity contribution in [1.29, 1.82) is 0 Å². The molecule has 2 heterocycles. The number of halogens is 1. The van der Waals surface area contributed by atoms with Gasteiger partial charge in [0.15, 0.2) is 5.96 Å². The third-order valence-electron chi connectivity index (χ3n) is 4.17. The minimum absolute atomic E-state index is 0. The molecule has 0 amide bonds. The predicted molar refractivity (Wildman–Crippen MR) is 127 cm³/mol. The van der Waals surface area contributed by atoms with Crippen LogP contribution in [0.1, 0.15) is 50.9 Å². The molecular formula is C19H33IN6OS. The van der Waals surface area contributed by atoms with Crippen LogP contribution in [0.3, 0.4) is 0 Å². The van der Waals surface area contributed by atoms with Crippen LogP contribution in [-0.4, -0.2) is 45.5 Å². The van der Waals surface area contributed by atoms with Crippen molar-refractivity contribution in [3.63, 3.8) is 0 Å². The largest absolute Gasteiger partial charge is 0.383 e. The summed E-state index contributed by atoms with van der Waals surface area (Å²) in [4.78, 5) is 9.26. The van der Waals surface area contributed by atoms with Crippen molar-refractivity contribution in [2.24, 2.45) is 12.0 Å². The summed E-state index contributed by atoms with van der Waals surface area (Å²) in [6.45, 7) is 12.0. The fraction of sp³-hybridized carbons (Fsp3) is 0.632. The Morgan fingerprint density at radius 3 is 2.54 bits per heavy atom. The molecule has 2 aromatic rings. The first-order chi connectivity index (χ1) is 12.6. The summed E-state index contributed by atoms with van der Waals surface area (Å²) < 4.78 is 1.68. The maximum atomic E-state index is 10.7. The highest BCUT2D eigenvalue weighted by atomic mass is 127. The lowest BCUT2D eigenvalue weighted by atomic mass is 9.93. The van der Waals surface area contributed by atoms with Crippen molar-refractivity contribution in [3.8, 4) is 0 Å². The molecule has 0 bridgehead atoms. The fourth-order valence-electron chi connectivity index (χ4n) is 2.42. The van der Waals surface area contributed by atoms with E-state index in [1.54, 1.807) is 29.1 Å². The van der Waals surface area contributed by atoms with Gasteiger partial charge in [0.25, 0.3) is 0 Å². The highest BCUT2D eigenvalue weighted by Crippen LogP contribution is 2.24. The number of rotatable bonds is 7. The van der Waals surface area contributed by atoms with Crippen LogP contribution in [0.2, 0.25) is 0 Å². The zero-order valence-corrected chi connectivity index (χ0v) is 20.8. The zero-order valence-electron chi connectivity index (χ0n) is 17.6. The summed E-state index contributed by atoms with van der Waals surface area (Å²) in [6, 6.07) is 0. The highest BCUT2D eigenvalue weighted by molar-refractivity contribution is 14.0. The van der Waals surface area contributed by atoms with E-state index in [-0.39, 0.29) is 35.9 Å². The zero-order chi connectivity index (χ0) is 20.1. The van der Waals surface area contributed by atoms with Gasteiger partial charge in [-0.2, -0.15) is 5.10 Å². The number of hydrogen-bond donors (Lipinski definition) is 3. The van der Waals surface area contributed by atoms with Crippen molar-refractivity contribution in [1.82, 2.24) is 25.4 Å². The Morgan fingerprint density at radius 2 is 2.00 bits per heavy atom. The molecule has 28 heavy (non-hydrogen) atoms. The van der Waals surface area contributed by atoms with Gasteiger partial charge in [0.05, 0.1) is 23.4 Å². The Hall–Kier alpha value is -1.20. The summed E-state index contributed by atoms with van der Waals surface area (Å²) >= 11 is 1.70. The number of nitrogens with zero attached hydrogens (tertiary/aromatic N) is 4. The molecule has 1 unspecified atom stereocenters. The van der Waals surface area contributed by atoms with Gasteiger partial charge in [0.1, 0.15) is 5.60 Å². The number of hydrogen-bond acceptors (Lipinski definition) is 5. The molecule has 7 nitrogen and oxygen atoms in total. The number of aliphatic imine (C=N–C) groups is 1. The molecule has 1 atom stereocenters. The lowest BCUT2D eigenvalue weighted by Gasteiger charge is -2.20.